The van der Waals surface area contributed by atoms with Crippen molar-refractivity contribution in [3.05, 3.63) is 0 Å². The van der Waals surface area contributed by atoms with Gasteiger partial charge in [0.25, 0.3) is 0 Å². The molecule has 2 aliphatic rings. The van der Waals surface area contributed by atoms with E-state index in [0.717, 1.165) is 17.7 Å². The van der Waals surface area contributed by atoms with E-state index < -0.39 is 0 Å². The fourth-order valence-corrected chi connectivity index (χ4v) is 2.32. The summed E-state index contributed by atoms with van der Waals surface area (Å²) in [5.74, 6) is 2.13. The molecule has 0 radical (unpaired) electrons. The molecule has 0 amide bonds. The van der Waals surface area contributed by atoms with E-state index in [9.17, 15) is 0 Å². The van der Waals surface area contributed by atoms with Crippen molar-refractivity contribution in [1.29, 1.82) is 0 Å². The fourth-order valence-electron chi connectivity index (χ4n) is 2.10. The minimum absolute atomic E-state index is 0.978. The van der Waals surface area contributed by atoms with E-state index in [1.807, 2.05) is 0 Å². The fraction of sp³-hybridized carbons (Fsp3) is 1.00. The first-order valence-electron chi connectivity index (χ1n) is 6.25. The molecule has 0 atom stereocenters. The van der Waals surface area contributed by atoms with Crippen LogP contribution in [0.2, 0.25) is 0 Å². The molecular weight excluding hydrogens is 190 g/mol. The molecule has 2 rings (SSSR count). The Kier molecular flexibility index (Phi) is 4.18. The first-order chi connectivity index (χ1) is 6.90. The summed E-state index contributed by atoms with van der Waals surface area (Å²) in [6.07, 6.45) is 10.0. The van der Waals surface area contributed by atoms with Gasteiger partial charge in [0, 0.05) is 12.6 Å². The van der Waals surface area contributed by atoms with Gasteiger partial charge in [-0.1, -0.05) is 6.42 Å². The molecule has 14 heavy (non-hydrogen) atoms. The van der Waals surface area contributed by atoms with Crippen molar-refractivity contribution in [1.82, 2.24) is 4.90 Å². The van der Waals surface area contributed by atoms with E-state index >= 15 is 0 Å². The van der Waals surface area contributed by atoms with Crippen molar-refractivity contribution < 1.29 is 0 Å². The van der Waals surface area contributed by atoms with Gasteiger partial charge in [-0.3, -0.25) is 0 Å². The van der Waals surface area contributed by atoms with Crippen molar-refractivity contribution in [3.8, 4) is 0 Å². The van der Waals surface area contributed by atoms with Crippen LogP contribution in [0.15, 0.2) is 0 Å². The molecule has 0 unspecified atom stereocenters. The number of unbranched alkanes of at least 4 members (excludes halogenated alkanes) is 2. The molecule has 0 aromatic heterocycles. The van der Waals surface area contributed by atoms with E-state index in [0.29, 0.717) is 0 Å². The standard InChI is InChI=1S/C12H23NS/c14-9-3-1-2-8-13(12-6-7-12)10-11-4-5-11/h11-12,14H,1-10H2. The molecule has 0 heterocycles. The molecular formula is C12H23NS. The van der Waals surface area contributed by atoms with Crippen LogP contribution >= 0.6 is 12.6 Å². The quantitative estimate of drug-likeness (QED) is 0.479. The van der Waals surface area contributed by atoms with Gasteiger partial charge in [-0.05, 0) is 56.7 Å². The third kappa shape index (κ3) is 3.82. The third-order valence-electron chi connectivity index (χ3n) is 3.36. The Morgan fingerprint density at radius 2 is 1.79 bits per heavy atom. The first kappa shape index (κ1) is 10.8. The largest absolute Gasteiger partial charge is 0.300 e. The molecule has 0 spiro atoms. The maximum Gasteiger partial charge on any atom is 0.00965 e. The lowest BCUT2D eigenvalue weighted by Gasteiger charge is -2.21. The molecule has 2 aliphatic carbocycles. The van der Waals surface area contributed by atoms with Gasteiger partial charge >= 0.3 is 0 Å². The van der Waals surface area contributed by atoms with Gasteiger partial charge < -0.3 is 4.90 Å². The summed E-state index contributed by atoms with van der Waals surface area (Å²) in [6.45, 7) is 2.76. The highest BCUT2D eigenvalue weighted by atomic mass is 32.1. The summed E-state index contributed by atoms with van der Waals surface area (Å²) in [7, 11) is 0. The van der Waals surface area contributed by atoms with Gasteiger partial charge in [0.05, 0.1) is 0 Å². The third-order valence-corrected chi connectivity index (χ3v) is 3.67. The Balaban J connectivity index is 1.57. The molecule has 2 fully saturated rings. The molecule has 0 N–H and O–H groups in total. The topological polar surface area (TPSA) is 3.24 Å². The SMILES string of the molecule is SCCCCCN(CC1CC1)C1CC1. The summed E-state index contributed by atoms with van der Waals surface area (Å²) in [6, 6.07) is 0.978. The lowest BCUT2D eigenvalue weighted by Crippen LogP contribution is -2.29. The number of hydrogen-bond acceptors (Lipinski definition) is 2. The smallest absolute Gasteiger partial charge is 0.00965 e. The minimum Gasteiger partial charge on any atom is -0.300 e. The summed E-state index contributed by atoms with van der Waals surface area (Å²) >= 11 is 4.25. The highest BCUT2D eigenvalue weighted by Crippen LogP contribution is 2.34. The van der Waals surface area contributed by atoms with E-state index in [-0.39, 0.29) is 0 Å². The predicted octanol–water partition coefficient (Wildman–Crippen LogP) is 2.96. The molecule has 2 saturated carbocycles. The predicted molar refractivity (Wildman–Crippen MR) is 65.0 cm³/mol. The van der Waals surface area contributed by atoms with Crippen molar-refractivity contribution >= 4 is 12.6 Å². The van der Waals surface area contributed by atoms with Crippen LogP contribution in [0.1, 0.15) is 44.9 Å². The minimum atomic E-state index is 0.978. The van der Waals surface area contributed by atoms with Crippen LogP contribution in [-0.4, -0.2) is 29.8 Å². The summed E-state index contributed by atoms with van der Waals surface area (Å²) < 4.78 is 0. The second-order valence-electron chi connectivity index (χ2n) is 4.95. The molecule has 0 bridgehead atoms. The maximum atomic E-state index is 4.25. The van der Waals surface area contributed by atoms with Crippen molar-refractivity contribution in [3.63, 3.8) is 0 Å². The molecule has 0 aromatic carbocycles. The van der Waals surface area contributed by atoms with Crippen LogP contribution in [0.25, 0.3) is 0 Å². The zero-order chi connectivity index (χ0) is 9.80. The molecule has 0 aliphatic heterocycles. The second-order valence-corrected chi connectivity index (χ2v) is 5.40. The van der Waals surface area contributed by atoms with Crippen molar-refractivity contribution in [2.45, 2.75) is 51.0 Å². The zero-order valence-electron chi connectivity index (χ0n) is 9.12. The Labute approximate surface area is 93.7 Å². The van der Waals surface area contributed by atoms with Gasteiger partial charge in [0.1, 0.15) is 0 Å². The van der Waals surface area contributed by atoms with Crippen LogP contribution in [0.3, 0.4) is 0 Å². The van der Waals surface area contributed by atoms with Crippen LogP contribution in [0.4, 0.5) is 0 Å². The number of nitrogens with zero attached hydrogens (tertiary/aromatic N) is 1. The number of rotatable bonds is 8. The summed E-state index contributed by atoms with van der Waals surface area (Å²) in [4.78, 5) is 2.76. The van der Waals surface area contributed by atoms with E-state index in [1.165, 1.54) is 58.0 Å². The number of hydrogen-bond donors (Lipinski definition) is 1. The second kappa shape index (κ2) is 5.41. The monoisotopic (exact) mass is 213 g/mol. The highest BCUT2D eigenvalue weighted by Gasteiger charge is 2.32. The first-order valence-corrected chi connectivity index (χ1v) is 6.88. The Morgan fingerprint density at radius 1 is 1.00 bits per heavy atom. The van der Waals surface area contributed by atoms with E-state index in [4.69, 9.17) is 0 Å². The lowest BCUT2D eigenvalue weighted by atomic mass is 10.2. The van der Waals surface area contributed by atoms with Crippen LogP contribution < -0.4 is 0 Å². The zero-order valence-corrected chi connectivity index (χ0v) is 10.0. The van der Waals surface area contributed by atoms with E-state index in [1.54, 1.807) is 0 Å². The van der Waals surface area contributed by atoms with Gasteiger partial charge in [-0.15, -0.1) is 0 Å². The number of thiol groups is 1. The normalized spacial score (nSPS) is 21.9. The van der Waals surface area contributed by atoms with Crippen LogP contribution in [0.5, 0.6) is 0 Å². The highest BCUT2D eigenvalue weighted by molar-refractivity contribution is 7.80. The molecule has 0 aromatic rings. The molecule has 1 nitrogen and oxygen atoms in total. The molecule has 0 saturated heterocycles. The van der Waals surface area contributed by atoms with Crippen molar-refractivity contribution in [2.75, 3.05) is 18.8 Å². The Hall–Kier alpha value is 0.310. The maximum absolute atomic E-state index is 4.25. The summed E-state index contributed by atoms with van der Waals surface area (Å²) in [5, 5.41) is 0. The van der Waals surface area contributed by atoms with Crippen LogP contribution in [-0.2, 0) is 0 Å². The van der Waals surface area contributed by atoms with E-state index in [2.05, 4.69) is 17.5 Å². The average Bonchev–Trinajstić information content (AvgIpc) is 3.02. The molecule has 2 heteroatoms. The van der Waals surface area contributed by atoms with Crippen LogP contribution in [0, 0.1) is 5.92 Å². The van der Waals surface area contributed by atoms with Gasteiger partial charge in [-0.2, -0.15) is 12.6 Å². The molecule has 82 valence electrons. The van der Waals surface area contributed by atoms with Gasteiger partial charge in [0.15, 0.2) is 0 Å². The Bertz CT molecular complexity index is 164. The average molecular weight is 213 g/mol. The summed E-state index contributed by atoms with van der Waals surface area (Å²) in [5.41, 5.74) is 0. The Morgan fingerprint density at radius 3 is 2.36 bits per heavy atom. The lowest BCUT2D eigenvalue weighted by molar-refractivity contribution is 0.247. The van der Waals surface area contributed by atoms with Gasteiger partial charge in [-0.25, -0.2) is 0 Å². The van der Waals surface area contributed by atoms with Gasteiger partial charge in [0.2, 0.25) is 0 Å². The van der Waals surface area contributed by atoms with Crippen molar-refractivity contribution in [2.24, 2.45) is 5.92 Å².